The minimum absolute atomic E-state index is 0.457. The van der Waals surface area contributed by atoms with Gasteiger partial charge in [-0.25, -0.2) is 0 Å². The fraction of sp³-hybridized carbons (Fsp3) is 0.294. The van der Waals surface area contributed by atoms with Gasteiger partial charge in [0, 0.05) is 26.2 Å². The Morgan fingerprint density at radius 2 is 1.79 bits per heavy atom. The van der Waals surface area contributed by atoms with Crippen LogP contribution in [0, 0.1) is 6.92 Å². The molecule has 2 heteroatoms. The molecule has 0 aliphatic heterocycles. The molecule has 19 heavy (non-hydrogen) atoms. The van der Waals surface area contributed by atoms with Gasteiger partial charge < -0.3 is 10.0 Å². The molecule has 2 aromatic carbocycles. The van der Waals surface area contributed by atoms with Gasteiger partial charge >= 0.3 is 0 Å². The summed E-state index contributed by atoms with van der Waals surface area (Å²) in [5, 5.41) is 10.4. The van der Waals surface area contributed by atoms with Gasteiger partial charge in [0.1, 0.15) is 0 Å². The monoisotopic (exact) mass is 255 g/mol. The lowest BCUT2D eigenvalue weighted by atomic mass is 9.98. The number of nitrogens with zero attached hydrogens (tertiary/aromatic N) is 1. The minimum atomic E-state index is -0.457. The van der Waals surface area contributed by atoms with Crippen LogP contribution in [0.5, 0.6) is 0 Å². The van der Waals surface area contributed by atoms with E-state index in [9.17, 15) is 5.11 Å². The summed E-state index contributed by atoms with van der Waals surface area (Å²) in [5.41, 5.74) is 4.51. The molecule has 0 fully saturated rings. The molecule has 0 radical (unpaired) electrons. The maximum absolute atomic E-state index is 10.4. The molecule has 1 unspecified atom stereocenters. The van der Waals surface area contributed by atoms with Crippen LogP contribution in [0.15, 0.2) is 48.5 Å². The highest BCUT2D eigenvalue weighted by molar-refractivity contribution is 5.47. The van der Waals surface area contributed by atoms with E-state index in [4.69, 9.17) is 0 Å². The molecule has 0 saturated carbocycles. The Morgan fingerprint density at radius 3 is 2.47 bits per heavy atom. The highest BCUT2D eigenvalue weighted by Gasteiger charge is 2.10. The molecule has 0 aliphatic rings. The summed E-state index contributed by atoms with van der Waals surface area (Å²) in [6.45, 7) is 2.08. The maximum atomic E-state index is 10.4. The van der Waals surface area contributed by atoms with Gasteiger partial charge in [0.25, 0.3) is 0 Å². The van der Waals surface area contributed by atoms with Gasteiger partial charge in [0.15, 0.2) is 0 Å². The van der Waals surface area contributed by atoms with E-state index in [1.165, 1.54) is 11.1 Å². The van der Waals surface area contributed by atoms with E-state index in [-0.39, 0.29) is 0 Å². The maximum Gasteiger partial charge on any atom is 0.0831 e. The average Bonchev–Trinajstić information content (AvgIpc) is 2.41. The van der Waals surface area contributed by atoms with E-state index in [0.717, 1.165) is 11.3 Å². The van der Waals surface area contributed by atoms with Crippen LogP contribution in [0.3, 0.4) is 0 Å². The molecule has 2 rings (SSSR count). The molecule has 0 saturated heterocycles. The summed E-state index contributed by atoms with van der Waals surface area (Å²) in [7, 11) is 4.01. The molecule has 1 N–H and O–H groups in total. The lowest BCUT2D eigenvalue weighted by Gasteiger charge is -2.17. The van der Waals surface area contributed by atoms with Crippen molar-refractivity contribution in [3.63, 3.8) is 0 Å². The first kappa shape index (κ1) is 13.6. The van der Waals surface area contributed by atoms with Crippen LogP contribution < -0.4 is 4.90 Å². The van der Waals surface area contributed by atoms with Crippen molar-refractivity contribution >= 4 is 5.69 Å². The zero-order valence-corrected chi connectivity index (χ0v) is 11.8. The molecular formula is C17H21NO. The molecule has 0 heterocycles. The zero-order chi connectivity index (χ0) is 13.8. The molecule has 0 bridgehead atoms. The molecule has 2 nitrogen and oxygen atoms in total. The first-order valence-electron chi connectivity index (χ1n) is 6.58. The number of aliphatic hydroxyl groups is 1. The number of aryl methyl sites for hydroxylation is 1. The standard InChI is InChI=1S/C17H21NO/c1-13-7-4-5-8-14(13)12-17(19)15-9-6-10-16(11-15)18(2)3/h4-11,17,19H,12H2,1-3H3. The van der Waals surface area contributed by atoms with Crippen LogP contribution in [0.1, 0.15) is 22.8 Å². The Balaban J connectivity index is 2.18. The Labute approximate surface area is 115 Å². The predicted octanol–water partition coefficient (Wildman–Crippen LogP) is 3.34. The molecule has 100 valence electrons. The van der Waals surface area contributed by atoms with Crippen LogP contribution in [-0.4, -0.2) is 19.2 Å². The number of aliphatic hydroxyl groups excluding tert-OH is 1. The van der Waals surface area contributed by atoms with E-state index < -0.39 is 6.10 Å². The summed E-state index contributed by atoms with van der Waals surface area (Å²) >= 11 is 0. The number of anilines is 1. The minimum Gasteiger partial charge on any atom is -0.388 e. The summed E-state index contributed by atoms with van der Waals surface area (Å²) < 4.78 is 0. The molecule has 0 aliphatic carbocycles. The summed E-state index contributed by atoms with van der Waals surface area (Å²) in [5.74, 6) is 0. The van der Waals surface area contributed by atoms with Crippen molar-refractivity contribution in [2.45, 2.75) is 19.4 Å². The molecule has 0 amide bonds. The topological polar surface area (TPSA) is 23.5 Å². The fourth-order valence-electron chi connectivity index (χ4n) is 2.18. The van der Waals surface area contributed by atoms with E-state index in [1.54, 1.807) is 0 Å². The van der Waals surface area contributed by atoms with Crippen LogP contribution >= 0.6 is 0 Å². The first-order valence-corrected chi connectivity index (χ1v) is 6.58. The van der Waals surface area contributed by atoms with Gasteiger partial charge in [-0.2, -0.15) is 0 Å². The second-order valence-corrected chi connectivity index (χ2v) is 5.14. The van der Waals surface area contributed by atoms with Crippen molar-refractivity contribution in [2.75, 3.05) is 19.0 Å². The van der Waals surface area contributed by atoms with E-state index >= 15 is 0 Å². The second kappa shape index (κ2) is 5.89. The van der Waals surface area contributed by atoms with E-state index in [0.29, 0.717) is 6.42 Å². The Bertz CT molecular complexity index is 548. The van der Waals surface area contributed by atoms with Crippen molar-refractivity contribution < 1.29 is 5.11 Å². The number of benzene rings is 2. The Morgan fingerprint density at radius 1 is 1.05 bits per heavy atom. The van der Waals surface area contributed by atoms with Crippen molar-refractivity contribution in [3.05, 3.63) is 65.2 Å². The van der Waals surface area contributed by atoms with Gasteiger partial charge in [-0.1, -0.05) is 36.4 Å². The first-order chi connectivity index (χ1) is 9.08. The fourth-order valence-corrected chi connectivity index (χ4v) is 2.18. The number of rotatable bonds is 4. The quantitative estimate of drug-likeness (QED) is 0.905. The Kier molecular flexibility index (Phi) is 4.23. The highest BCUT2D eigenvalue weighted by Crippen LogP contribution is 2.23. The lowest BCUT2D eigenvalue weighted by Crippen LogP contribution is -2.10. The van der Waals surface area contributed by atoms with E-state index in [1.807, 2.05) is 55.4 Å². The van der Waals surface area contributed by atoms with E-state index in [2.05, 4.69) is 19.1 Å². The van der Waals surface area contributed by atoms with Crippen molar-refractivity contribution in [2.24, 2.45) is 0 Å². The van der Waals surface area contributed by atoms with Gasteiger partial charge in [-0.3, -0.25) is 0 Å². The summed E-state index contributed by atoms with van der Waals surface area (Å²) in [6.07, 6.45) is 0.199. The predicted molar refractivity (Wildman–Crippen MR) is 80.6 cm³/mol. The van der Waals surface area contributed by atoms with Crippen LogP contribution in [0.2, 0.25) is 0 Å². The molecule has 1 atom stereocenters. The number of hydrogen-bond donors (Lipinski definition) is 1. The summed E-state index contributed by atoms with van der Waals surface area (Å²) in [4.78, 5) is 2.05. The molecule has 0 spiro atoms. The third-order valence-electron chi connectivity index (χ3n) is 3.45. The third-order valence-corrected chi connectivity index (χ3v) is 3.45. The van der Waals surface area contributed by atoms with Crippen molar-refractivity contribution in [1.82, 2.24) is 0 Å². The van der Waals surface area contributed by atoms with Gasteiger partial charge in [0.2, 0.25) is 0 Å². The molecular weight excluding hydrogens is 234 g/mol. The number of hydrogen-bond acceptors (Lipinski definition) is 2. The smallest absolute Gasteiger partial charge is 0.0831 e. The largest absolute Gasteiger partial charge is 0.388 e. The second-order valence-electron chi connectivity index (χ2n) is 5.14. The third kappa shape index (κ3) is 3.36. The normalized spacial score (nSPS) is 12.2. The van der Waals surface area contributed by atoms with Gasteiger partial charge in [0.05, 0.1) is 6.10 Å². The summed E-state index contributed by atoms with van der Waals surface area (Å²) in [6, 6.07) is 16.3. The Hall–Kier alpha value is -1.80. The van der Waals surface area contributed by atoms with Gasteiger partial charge in [-0.05, 0) is 35.7 Å². The van der Waals surface area contributed by atoms with Crippen LogP contribution in [0.25, 0.3) is 0 Å². The average molecular weight is 255 g/mol. The van der Waals surface area contributed by atoms with Crippen LogP contribution in [0.4, 0.5) is 5.69 Å². The van der Waals surface area contributed by atoms with Gasteiger partial charge in [-0.15, -0.1) is 0 Å². The van der Waals surface area contributed by atoms with Crippen molar-refractivity contribution in [3.8, 4) is 0 Å². The zero-order valence-electron chi connectivity index (χ0n) is 11.8. The highest BCUT2D eigenvalue weighted by atomic mass is 16.3. The SMILES string of the molecule is Cc1ccccc1CC(O)c1cccc(N(C)C)c1. The lowest BCUT2D eigenvalue weighted by molar-refractivity contribution is 0.178. The molecule has 0 aromatic heterocycles. The molecule has 2 aromatic rings. The van der Waals surface area contributed by atoms with Crippen LogP contribution in [-0.2, 0) is 6.42 Å². The van der Waals surface area contributed by atoms with Crippen molar-refractivity contribution in [1.29, 1.82) is 0 Å².